The van der Waals surface area contributed by atoms with Crippen molar-refractivity contribution in [3.05, 3.63) is 35.9 Å². The molecule has 2 rings (SSSR count). The lowest BCUT2D eigenvalue weighted by molar-refractivity contribution is -0.308. The topological polar surface area (TPSA) is 72.5 Å². The van der Waals surface area contributed by atoms with Crippen molar-refractivity contribution in [1.82, 2.24) is 10.2 Å². The summed E-state index contributed by atoms with van der Waals surface area (Å²) in [5, 5.41) is 13.9. The Morgan fingerprint density at radius 1 is 1.23 bits per heavy atom. The first kappa shape index (κ1) is 16.3. The summed E-state index contributed by atoms with van der Waals surface area (Å²) in [6.07, 6.45) is 1.32. The van der Waals surface area contributed by atoms with Crippen LogP contribution < -0.4 is 10.4 Å². The Bertz CT molecular complexity index is 508. The second-order valence-electron chi connectivity index (χ2n) is 6.36. The number of benzene rings is 1. The Balaban J connectivity index is 1.98. The summed E-state index contributed by atoms with van der Waals surface area (Å²) < 4.78 is 0. The van der Waals surface area contributed by atoms with Gasteiger partial charge < -0.3 is 20.1 Å². The number of rotatable bonds is 4. The van der Waals surface area contributed by atoms with Crippen molar-refractivity contribution < 1.29 is 14.7 Å². The number of nitrogens with one attached hydrogen (secondary N) is 1. The van der Waals surface area contributed by atoms with Gasteiger partial charge in [0, 0.05) is 13.1 Å². The SMILES string of the molecule is C[C@@H]1C[C@H](C)CN(C(=O)N[C@@H](Cc2ccccc2)C(=O)[O-])C1. The second kappa shape index (κ2) is 7.29. The van der Waals surface area contributed by atoms with E-state index < -0.39 is 12.0 Å². The summed E-state index contributed by atoms with van der Waals surface area (Å²) in [6.45, 7) is 5.55. The molecule has 0 aromatic heterocycles. The van der Waals surface area contributed by atoms with Gasteiger partial charge in [0.05, 0.1) is 12.0 Å². The summed E-state index contributed by atoms with van der Waals surface area (Å²) in [6, 6.07) is 7.91. The molecule has 3 atom stereocenters. The minimum Gasteiger partial charge on any atom is -0.548 e. The Labute approximate surface area is 131 Å². The fourth-order valence-corrected chi connectivity index (χ4v) is 3.11. The van der Waals surface area contributed by atoms with Gasteiger partial charge in [-0.05, 0) is 30.2 Å². The number of likely N-dealkylation sites (tertiary alicyclic amines) is 1. The van der Waals surface area contributed by atoms with Crippen LogP contribution in [0, 0.1) is 11.8 Å². The second-order valence-corrected chi connectivity index (χ2v) is 6.36. The van der Waals surface area contributed by atoms with Crippen LogP contribution in [0.15, 0.2) is 30.3 Å². The number of hydrogen-bond donors (Lipinski definition) is 1. The molecule has 1 aliphatic heterocycles. The quantitative estimate of drug-likeness (QED) is 0.903. The van der Waals surface area contributed by atoms with Gasteiger partial charge in [-0.25, -0.2) is 4.79 Å². The fourth-order valence-electron chi connectivity index (χ4n) is 3.11. The number of piperidine rings is 1. The normalized spacial score (nSPS) is 22.9. The number of hydrogen-bond acceptors (Lipinski definition) is 3. The number of carboxylic acid groups (broad SMARTS) is 1. The largest absolute Gasteiger partial charge is 0.548 e. The van der Waals surface area contributed by atoms with Crippen molar-refractivity contribution in [2.75, 3.05) is 13.1 Å². The Hall–Kier alpha value is -2.04. The van der Waals surface area contributed by atoms with Gasteiger partial charge in [-0.1, -0.05) is 44.2 Å². The lowest BCUT2D eigenvalue weighted by Gasteiger charge is -2.36. The van der Waals surface area contributed by atoms with E-state index in [1.54, 1.807) is 4.90 Å². The highest BCUT2D eigenvalue weighted by Crippen LogP contribution is 2.20. The van der Waals surface area contributed by atoms with Crippen molar-refractivity contribution in [2.45, 2.75) is 32.7 Å². The maximum Gasteiger partial charge on any atom is 0.317 e. The van der Waals surface area contributed by atoms with Gasteiger partial charge in [-0.3, -0.25) is 0 Å². The number of nitrogens with zero attached hydrogens (tertiary/aromatic N) is 1. The van der Waals surface area contributed by atoms with Crippen LogP contribution in [-0.2, 0) is 11.2 Å². The molecule has 5 nitrogen and oxygen atoms in total. The van der Waals surface area contributed by atoms with Crippen LogP contribution in [0.3, 0.4) is 0 Å². The van der Waals surface area contributed by atoms with E-state index in [2.05, 4.69) is 19.2 Å². The highest BCUT2D eigenvalue weighted by Gasteiger charge is 2.26. The molecule has 1 aliphatic rings. The van der Waals surface area contributed by atoms with Gasteiger partial charge in [0.25, 0.3) is 0 Å². The smallest absolute Gasteiger partial charge is 0.317 e. The molecule has 0 saturated carbocycles. The standard InChI is InChI=1S/C17H24N2O3/c1-12-8-13(2)11-19(10-12)17(22)18-15(16(20)21)9-14-6-4-3-5-7-14/h3-7,12-13,15H,8-11H2,1-2H3,(H,18,22)(H,20,21)/p-1/t12-,13+,15-/m0/s1. The molecular weight excluding hydrogens is 280 g/mol. The van der Waals surface area contributed by atoms with Crippen molar-refractivity contribution in [3.63, 3.8) is 0 Å². The number of carboxylic acids is 1. The average Bonchev–Trinajstić information content (AvgIpc) is 2.46. The molecule has 1 N–H and O–H groups in total. The van der Waals surface area contributed by atoms with Crippen LogP contribution in [0.5, 0.6) is 0 Å². The van der Waals surface area contributed by atoms with Gasteiger partial charge in [0.15, 0.2) is 0 Å². The van der Waals surface area contributed by atoms with E-state index in [1.807, 2.05) is 30.3 Å². The van der Waals surface area contributed by atoms with Crippen molar-refractivity contribution in [3.8, 4) is 0 Å². The third-order valence-electron chi connectivity index (χ3n) is 4.02. The molecule has 120 valence electrons. The van der Waals surface area contributed by atoms with E-state index in [-0.39, 0.29) is 12.5 Å². The van der Waals surface area contributed by atoms with E-state index in [9.17, 15) is 14.7 Å². The third kappa shape index (κ3) is 4.48. The highest BCUT2D eigenvalue weighted by atomic mass is 16.4. The van der Waals surface area contributed by atoms with E-state index in [0.29, 0.717) is 24.9 Å². The lowest BCUT2D eigenvalue weighted by atomic mass is 9.92. The molecule has 22 heavy (non-hydrogen) atoms. The molecular formula is C17H23N2O3-. The molecule has 1 fully saturated rings. The first-order valence-electron chi connectivity index (χ1n) is 7.76. The minimum atomic E-state index is -1.25. The molecule has 2 amide bonds. The van der Waals surface area contributed by atoms with Crippen LogP contribution in [0.4, 0.5) is 4.79 Å². The number of carbonyl (C=O) groups is 2. The molecule has 0 unspecified atom stereocenters. The van der Waals surface area contributed by atoms with Gasteiger partial charge in [0.1, 0.15) is 0 Å². The molecule has 0 spiro atoms. The van der Waals surface area contributed by atoms with Crippen molar-refractivity contribution in [1.29, 1.82) is 0 Å². The monoisotopic (exact) mass is 303 g/mol. The van der Waals surface area contributed by atoms with Gasteiger partial charge in [-0.2, -0.15) is 0 Å². The Morgan fingerprint density at radius 2 is 1.82 bits per heavy atom. The molecule has 1 aromatic carbocycles. The van der Waals surface area contributed by atoms with E-state index in [1.165, 1.54) is 0 Å². The zero-order valence-electron chi connectivity index (χ0n) is 13.1. The fraction of sp³-hybridized carbons (Fsp3) is 0.529. The molecule has 5 heteroatoms. The first-order valence-corrected chi connectivity index (χ1v) is 7.76. The van der Waals surface area contributed by atoms with E-state index in [4.69, 9.17) is 0 Å². The predicted octanol–water partition coefficient (Wildman–Crippen LogP) is 1.04. The van der Waals surface area contributed by atoms with Crippen LogP contribution >= 0.6 is 0 Å². The minimum absolute atomic E-state index is 0.230. The maximum absolute atomic E-state index is 12.3. The average molecular weight is 303 g/mol. The van der Waals surface area contributed by atoms with E-state index in [0.717, 1.165) is 12.0 Å². The van der Waals surface area contributed by atoms with Crippen molar-refractivity contribution >= 4 is 12.0 Å². The Morgan fingerprint density at radius 3 is 2.36 bits per heavy atom. The van der Waals surface area contributed by atoms with Crippen molar-refractivity contribution in [2.24, 2.45) is 11.8 Å². The number of carbonyl (C=O) groups excluding carboxylic acids is 2. The zero-order chi connectivity index (χ0) is 16.1. The summed E-state index contributed by atoms with van der Waals surface area (Å²) in [5.41, 5.74) is 0.859. The van der Waals surface area contributed by atoms with Gasteiger partial charge >= 0.3 is 6.03 Å². The third-order valence-corrected chi connectivity index (χ3v) is 4.02. The zero-order valence-corrected chi connectivity index (χ0v) is 13.1. The molecule has 0 aliphatic carbocycles. The summed E-state index contributed by atoms with van der Waals surface area (Å²) in [5.74, 6) is -0.384. The first-order chi connectivity index (χ1) is 10.5. The number of amides is 2. The number of urea groups is 1. The number of aliphatic carboxylic acids is 1. The molecule has 0 radical (unpaired) electrons. The lowest BCUT2D eigenvalue weighted by Crippen LogP contribution is -2.55. The summed E-state index contributed by atoms with van der Waals surface area (Å²) in [4.78, 5) is 25.3. The van der Waals surface area contributed by atoms with E-state index >= 15 is 0 Å². The summed E-state index contributed by atoms with van der Waals surface area (Å²) in [7, 11) is 0. The maximum atomic E-state index is 12.3. The molecule has 0 bridgehead atoms. The highest BCUT2D eigenvalue weighted by molar-refractivity contribution is 5.82. The van der Waals surface area contributed by atoms with Gasteiger partial charge in [-0.15, -0.1) is 0 Å². The molecule has 1 saturated heterocycles. The predicted molar refractivity (Wildman–Crippen MR) is 82.0 cm³/mol. The van der Waals surface area contributed by atoms with Gasteiger partial charge in [0.2, 0.25) is 0 Å². The molecule has 1 heterocycles. The van der Waals surface area contributed by atoms with Crippen LogP contribution in [-0.4, -0.2) is 36.0 Å². The summed E-state index contributed by atoms with van der Waals surface area (Å²) >= 11 is 0. The van der Waals surface area contributed by atoms with Crippen LogP contribution in [0.25, 0.3) is 0 Å². The molecule has 1 aromatic rings. The van der Waals surface area contributed by atoms with Crippen LogP contribution in [0.1, 0.15) is 25.8 Å². The van der Waals surface area contributed by atoms with Crippen LogP contribution in [0.2, 0.25) is 0 Å². The Kier molecular flexibility index (Phi) is 5.41.